The number of hydrogen-bond donors (Lipinski definition) is 0. The van der Waals surface area contributed by atoms with E-state index in [9.17, 15) is 13.2 Å². The summed E-state index contributed by atoms with van der Waals surface area (Å²) >= 11 is 0. The van der Waals surface area contributed by atoms with Crippen LogP contribution in [0.4, 0.5) is 18.9 Å². The Kier molecular flexibility index (Phi) is 12.3. The standard InChI is InChI=1S/C47H52F3N3O4/c1-6-8-36-23-37(26-45(55-4)46(36)56-5)35-10-7-9-32(21-35)30-53(40-13-15-42(16-14-40)57-47(48,49)50)41-17-19-52(20-18-41)29-33-22-39(28-51-27-33)38-24-43(34-11-12-34)31(2)44(25-38)54-3/h7,9-10,13-16,21-28,34,41H,6,8,11-12,17-20,29-30H2,1-5H3. The summed E-state index contributed by atoms with van der Waals surface area (Å²) in [6, 6.07) is 25.7. The molecule has 0 radical (unpaired) electrons. The second kappa shape index (κ2) is 17.5. The average Bonchev–Trinajstić information content (AvgIpc) is 4.06. The first-order valence-electron chi connectivity index (χ1n) is 19.9. The number of hydrogen-bond acceptors (Lipinski definition) is 7. The molecular formula is C47H52F3N3O4. The number of aromatic nitrogens is 1. The summed E-state index contributed by atoms with van der Waals surface area (Å²) in [7, 11) is 5.06. The number of methoxy groups -OCH3 is 3. The largest absolute Gasteiger partial charge is 0.573 e. The predicted molar refractivity (Wildman–Crippen MR) is 220 cm³/mol. The molecule has 2 heterocycles. The van der Waals surface area contributed by atoms with Crippen LogP contribution in [0, 0.1) is 6.92 Å². The zero-order chi connectivity index (χ0) is 40.1. The molecule has 10 heteroatoms. The van der Waals surface area contributed by atoms with Crippen molar-refractivity contribution in [3.8, 4) is 45.3 Å². The number of piperidine rings is 1. The van der Waals surface area contributed by atoms with E-state index < -0.39 is 6.36 Å². The van der Waals surface area contributed by atoms with Crippen molar-refractivity contribution in [2.24, 2.45) is 0 Å². The van der Waals surface area contributed by atoms with Crippen LogP contribution in [0.2, 0.25) is 0 Å². The smallest absolute Gasteiger partial charge is 0.496 e. The highest BCUT2D eigenvalue weighted by Gasteiger charge is 2.32. The van der Waals surface area contributed by atoms with Gasteiger partial charge in [0, 0.05) is 55.9 Å². The summed E-state index contributed by atoms with van der Waals surface area (Å²) in [5.74, 6) is 2.75. The quantitative estimate of drug-likeness (QED) is 0.105. The van der Waals surface area contributed by atoms with Gasteiger partial charge in [0.15, 0.2) is 11.5 Å². The second-order valence-corrected chi connectivity index (χ2v) is 15.2. The molecule has 1 aromatic heterocycles. The number of anilines is 1. The molecule has 57 heavy (non-hydrogen) atoms. The third-order valence-electron chi connectivity index (χ3n) is 11.3. The number of benzene rings is 4. The molecule has 1 saturated carbocycles. The third-order valence-corrected chi connectivity index (χ3v) is 11.3. The lowest BCUT2D eigenvalue weighted by Crippen LogP contribution is -2.44. The van der Waals surface area contributed by atoms with Crippen molar-refractivity contribution >= 4 is 5.69 Å². The average molecular weight is 780 g/mol. The zero-order valence-corrected chi connectivity index (χ0v) is 33.5. The molecule has 1 aliphatic heterocycles. The Balaban J connectivity index is 1.10. The number of pyridine rings is 1. The van der Waals surface area contributed by atoms with Gasteiger partial charge in [0.05, 0.1) is 21.3 Å². The molecule has 0 unspecified atom stereocenters. The van der Waals surface area contributed by atoms with Crippen molar-refractivity contribution in [1.82, 2.24) is 9.88 Å². The fraction of sp³-hybridized carbons (Fsp3) is 0.383. The minimum atomic E-state index is -4.75. The third kappa shape index (κ3) is 9.67. The van der Waals surface area contributed by atoms with Crippen molar-refractivity contribution in [3.63, 3.8) is 0 Å². The van der Waals surface area contributed by atoms with Gasteiger partial charge < -0.3 is 23.8 Å². The molecule has 2 fully saturated rings. The Bertz CT molecular complexity index is 2140. The monoisotopic (exact) mass is 779 g/mol. The van der Waals surface area contributed by atoms with Crippen LogP contribution >= 0.6 is 0 Å². The van der Waals surface area contributed by atoms with Crippen LogP contribution < -0.4 is 23.8 Å². The molecule has 2 aliphatic rings. The maximum Gasteiger partial charge on any atom is 0.573 e. The van der Waals surface area contributed by atoms with E-state index in [0.717, 1.165) is 101 Å². The molecule has 0 amide bonds. The lowest BCUT2D eigenvalue weighted by atomic mass is 9.96. The first kappa shape index (κ1) is 40.0. The van der Waals surface area contributed by atoms with E-state index in [4.69, 9.17) is 14.2 Å². The molecule has 0 spiro atoms. The molecule has 1 aliphatic carbocycles. The molecule has 7 nitrogen and oxygen atoms in total. The maximum absolute atomic E-state index is 13.0. The Morgan fingerprint density at radius 2 is 1.46 bits per heavy atom. The van der Waals surface area contributed by atoms with Gasteiger partial charge in [-0.2, -0.15) is 0 Å². The normalized spacial score (nSPS) is 15.0. The second-order valence-electron chi connectivity index (χ2n) is 15.2. The van der Waals surface area contributed by atoms with E-state index in [1.54, 1.807) is 33.5 Å². The van der Waals surface area contributed by atoms with Crippen LogP contribution in [0.5, 0.6) is 23.0 Å². The summed E-state index contributed by atoms with van der Waals surface area (Å²) in [5, 5.41) is 0. The Morgan fingerprint density at radius 1 is 0.754 bits per heavy atom. The molecule has 0 N–H and O–H groups in total. The Labute approximate surface area is 334 Å². The van der Waals surface area contributed by atoms with E-state index in [0.29, 0.717) is 18.2 Å². The van der Waals surface area contributed by atoms with Gasteiger partial charge in [-0.1, -0.05) is 37.6 Å². The number of likely N-dealkylation sites (tertiary alicyclic amines) is 1. The fourth-order valence-corrected chi connectivity index (χ4v) is 8.27. The van der Waals surface area contributed by atoms with Crippen molar-refractivity contribution in [1.29, 1.82) is 0 Å². The molecule has 7 rings (SSSR count). The van der Waals surface area contributed by atoms with Gasteiger partial charge in [-0.15, -0.1) is 13.2 Å². The number of aryl methyl sites for hydroxylation is 1. The summed E-state index contributed by atoms with van der Waals surface area (Å²) in [5.41, 5.74) is 11.1. The van der Waals surface area contributed by atoms with Crippen molar-refractivity contribution < 1.29 is 32.1 Å². The molecule has 1 saturated heterocycles. The van der Waals surface area contributed by atoms with Crippen molar-refractivity contribution in [2.75, 3.05) is 39.3 Å². The molecule has 4 aromatic carbocycles. The SMILES string of the molecule is CCCc1cc(-c2cccc(CN(c3ccc(OC(F)(F)F)cc3)C3CCN(Cc4cncc(-c5cc(OC)c(C)c(C6CC6)c5)c4)CC3)c2)cc(OC)c1OC. The fourth-order valence-electron chi connectivity index (χ4n) is 8.27. The van der Waals surface area contributed by atoms with Gasteiger partial charge >= 0.3 is 6.36 Å². The summed E-state index contributed by atoms with van der Waals surface area (Å²) in [4.78, 5) is 9.44. The highest BCUT2D eigenvalue weighted by atomic mass is 19.4. The zero-order valence-electron chi connectivity index (χ0n) is 33.5. The van der Waals surface area contributed by atoms with Gasteiger partial charge in [-0.05, 0) is 144 Å². The highest BCUT2D eigenvalue weighted by molar-refractivity contribution is 5.70. The number of halogens is 3. The van der Waals surface area contributed by atoms with Gasteiger partial charge in [-0.25, -0.2) is 0 Å². The molecule has 300 valence electrons. The lowest BCUT2D eigenvalue weighted by molar-refractivity contribution is -0.274. The maximum atomic E-state index is 13.0. The van der Waals surface area contributed by atoms with E-state index >= 15 is 0 Å². The van der Waals surface area contributed by atoms with Gasteiger partial charge in [0.2, 0.25) is 0 Å². The minimum Gasteiger partial charge on any atom is -0.496 e. The Hall–Kier alpha value is -5.22. The van der Waals surface area contributed by atoms with Crippen LogP contribution in [0.15, 0.2) is 91.3 Å². The van der Waals surface area contributed by atoms with Gasteiger partial charge in [0.25, 0.3) is 0 Å². The Morgan fingerprint density at radius 3 is 2.12 bits per heavy atom. The first-order valence-corrected chi connectivity index (χ1v) is 19.9. The van der Waals surface area contributed by atoms with Crippen LogP contribution in [-0.2, 0) is 19.5 Å². The topological polar surface area (TPSA) is 56.3 Å². The highest BCUT2D eigenvalue weighted by Crippen LogP contribution is 2.45. The molecule has 0 atom stereocenters. The molecule has 5 aromatic rings. The van der Waals surface area contributed by atoms with Gasteiger partial charge in [0.1, 0.15) is 11.5 Å². The number of rotatable bonds is 15. The number of alkyl halides is 3. The first-order chi connectivity index (χ1) is 27.5. The summed E-state index contributed by atoms with van der Waals surface area (Å²) < 4.78 is 60.6. The van der Waals surface area contributed by atoms with Crippen LogP contribution in [-0.4, -0.2) is 56.7 Å². The molecular weight excluding hydrogens is 728 g/mol. The molecule has 0 bridgehead atoms. The summed E-state index contributed by atoms with van der Waals surface area (Å²) in [6.45, 7) is 7.40. The van der Waals surface area contributed by atoms with E-state index in [1.807, 2.05) is 18.5 Å². The van der Waals surface area contributed by atoms with Crippen LogP contribution in [0.3, 0.4) is 0 Å². The summed E-state index contributed by atoms with van der Waals surface area (Å²) in [6.07, 6.45) is 5.20. The van der Waals surface area contributed by atoms with E-state index in [1.165, 1.54) is 36.1 Å². The predicted octanol–water partition coefficient (Wildman–Crippen LogP) is 11.1. The van der Waals surface area contributed by atoms with Crippen molar-refractivity contribution in [2.45, 2.75) is 83.8 Å². The van der Waals surface area contributed by atoms with Crippen LogP contribution in [0.1, 0.15) is 72.8 Å². The minimum absolute atomic E-state index is 0.168. The van der Waals surface area contributed by atoms with Crippen molar-refractivity contribution in [3.05, 3.63) is 119 Å². The number of nitrogens with zero attached hydrogens (tertiary/aromatic N) is 3. The van der Waals surface area contributed by atoms with Gasteiger partial charge in [-0.3, -0.25) is 9.88 Å². The van der Waals surface area contributed by atoms with E-state index in [2.05, 4.69) is 81.9 Å². The van der Waals surface area contributed by atoms with E-state index in [-0.39, 0.29) is 11.8 Å². The van der Waals surface area contributed by atoms with Crippen LogP contribution in [0.25, 0.3) is 22.3 Å². The number of ether oxygens (including phenoxy) is 4. The lowest BCUT2D eigenvalue weighted by Gasteiger charge is -2.40.